The first-order valence-corrected chi connectivity index (χ1v) is 7.06. The van der Waals surface area contributed by atoms with E-state index in [0.29, 0.717) is 11.4 Å². The molecule has 0 aliphatic heterocycles. The lowest BCUT2D eigenvalue weighted by molar-refractivity contribution is -0.116. The number of terminal acetylenes is 1. The predicted molar refractivity (Wildman–Crippen MR) is 74.6 cm³/mol. The highest BCUT2D eigenvalue weighted by molar-refractivity contribution is 7.17. The van der Waals surface area contributed by atoms with Gasteiger partial charge in [-0.3, -0.25) is 4.79 Å². The van der Waals surface area contributed by atoms with Crippen molar-refractivity contribution >= 4 is 28.2 Å². The third-order valence-corrected chi connectivity index (χ3v) is 4.34. The number of carboxylic acid groups (broad SMARTS) is 1. The van der Waals surface area contributed by atoms with Crippen LogP contribution in [0.15, 0.2) is 0 Å². The van der Waals surface area contributed by atoms with E-state index in [1.165, 1.54) is 11.3 Å². The maximum absolute atomic E-state index is 11.7. The van der Waals surface area contributed by atoms with Crippen LogP contribution in [0.2, 0.25) is 0 Å². The fourth-order valence-electron chi connectivity index (χ4n) is 2.26. The van der Waals surface area contributed by atoms with E-state index in [-0.39, 0.29) is 17.9 Å². The molecular formula is C14H15NO3S. The number of hydrogen-bond donors (Lipinski definition) is 2. The van der Waals surface area contributed by atoms with Crippen LogP contribution in [0.1, 0.15) is 46.5 Å². The van der Waals surface area contributed by atoms with Crippen LogP contribution in [-0.2, 0) is 17.6 Å². The molecule has 0 saturated heterocycles. The summed E-state index contributed by atoms with van der Waals surface area (Å²) in [6.07, 6.45) is 9.46. The minimum Gasteiger partial charge on any atom is -0.478 e. The predicted octanol–water partition coefficient (Wildman–Crippen LogP) is 2.68. The minimum absolute atomic E-state index is 0.220. The van der Waals surface area contributed by atoms with Gasteiger partial charge in [0.15, 0.2) is 0 Å². The summed E-state index contributed by atoms with van der Waals surface area (Å²) >= 11 is 1.39. The summed E-state index contributed by atoms with van der Waals surface area (Å²) in [5.41, 5.74) is 1.17. The highest BCUT2D eigenvalue weighted by Crippen LogP contribution is 2.38. The molecule has 0 atom stereocenters. The first-order valence-electron chi connectivity index (χ1n) is 6.24. The van der Waals surface area contributed by atoms with Crippen molar-refractivity contribution in [2.24, 2.45) is 0 Å². The van der Waals surface area contributed by atoms with Gasteiger partial charge in [0.25, 0.3) is 0 Å². The first-order chi connectivity index (χ1) is 9.13. The van der Waals surface area contributed by atoms with Crippen molar-refractivity contribution in [2.75, 3.05) is 5.32 Å². The molecule has 0 spiro atoms. The summed E-state index contributed by atoms with van der Waals surface area (Å²) in [4.78, 5) is 24.1. The number of carboxylic acids is 1. The van der Waals surface area contributed by atoms with Crippen LogP contribution >= 0.6 is 11.3 Å². The lowest BCUT2D eigenvalue weighted by atomic mass is 9.95. The largest absolute Gasteiger partial charge is 0.478 e. The van der Waals surface area contributed by atoms with Gasteiger partial charge in [-0.1, -0.05) is 0 Å². The van der Waals surface area contributed by atoms with Crippen LogP contribution in [0.5, 0.6) is 0 Å². The molecule has 1 aromatic heterocycles. The zero-order chi connectivity index (χ0) is 13.8. The lowest BCUT2D eigenvalue weighted by Crippen LogP contribution is -2.13. The number of anilines is 1. The molecule has 0 bridgehead atoms. The number of amides is 1. The van der Waals surface area contributed by atoms with E-state index in [2.05, 4.69) is 11.2 Å². The molecule has 1 aliphatic rings. The van der Waals surface area contributed by atoms with E-state index < -0.39 is 5.97 Å². The van der Waals surface area contributed by atoms with Crippen molar-refractivity contribution in [3.05, 3.63) is 16.0 Å². The second-order valence-corrected chi connectivity index (χ2v) is 5.58. The standard InChI is InChI=1S/C14H15NO3S/c1-2-3-8-11(16)15-13-12(14(17)18)9-6-4-5-7-10(9)19-13/h1H,3-8H2,(H,15,16)(H,17,18). The number of carbonyl (C=O) groups is 2. The Morgan fingerprint density at radius 1 is 1.37 bits per heavy atom. The molecule has 1 aliphatic carbocycles. The number of fused-ring (bicyclic) bond motifs is 1. The molecule has 2 rings (SSSR count). The number of thiophene rings is 1. The number of nitrogens with one attached hydrogen (secondary N) is 1. The molecule has 4 nitrogen and oxygen atoms in total. The Morgan fingerprint density at radius 3 is 2.79 bits per heavy atom. The van der Waals surface area contributed by atoms with E-state index >= 15 is 0 Å². The normalized spacial score (nSPS) is 13.4. The molecule has 5 heteroatoms. The maximum atomic E-state index is 11.7. The quantitative estimate of drug-likeness (QED) is 0.831. The summed E-state index contributed by atoms with van der Waals surface area (Å²) in [5.74, 6) is 1.21. The number of hydrogen-bond acceptors (Lipinski definition) is 3. The summed E-state index contributed by atoms with van der Waals surface area (Å²) in [6.45, 7) is 0. The van der Waals surface area contributed by atoms with Crippen molar-refractivity contribution in [3.8, 4) is 12.3 Å². The number of carbonyl (C=O) groups excluding carboxylic acids is 1. The molecule has 0 radical (unpaired) electrons. The summed E-state index contributed by atoms with van der Waals surface area (Å²) in [7, 11) is 0. The van der Waals surface area contributed by atoms with Crippen molar-refractivity contribution in [2.45, 2.75) is 38.5 Å². The molecule has 0 fully saturated rings. The van der Waals surface area contributed by atoms with Crippen molar-refractivity contribution in [1.29, 1.82) is 0 Å². The fourth-order valence-corrected chi connectivity index (χ4v) is 3.55. The lowest BCUT2D eigenvalue weighted by Gasteiger charge is -2.10. The van der Waals surface area contributed by atoms with E-state index in [0.717, 1.165) is 36.1 Å². The van der Waals surface area contributed by atoms with Crippen LogP contribution in [0.3, 0.4) is 0 Å². The van der Waals surface area contributed by atoms with Crippen molar-refractivity contribution in [3.63, 3.8) is 0 Å². The third kappa shape index (κ3) is 2.96. The Morgan fingerprint density at radius 2 is 2.11 bits per heavy atom. The van der Waals surface area contributed by atoms with Crippen LogP contribution < -0.4 is 5.32 Å². The average molecular weight is 277 g/mol. The van der Waals surface area contributed by atoms with Gasteiger partial charge in [0.05, 0.1) is 5.56 Å². The average Bonchev–Trinajstić information content (AvgIpc) is 2.74. The topological polar surface area (TPSA) is 66.4 Å². The number of aryl methyl sites for hydroxylation is 1. The van der Waals surface area contributed by atoms with Gasteiger partial charge in [0, 0.05) is 17.7 Å². The summed E-state index contributed by atoms with van der Waals surface area (Å²) < 4.78 is 0. The molecule has 1 aromatic rings. The van der Waals surface area contributed by atoms with Gasteiger partial charge in [0.2, 0.25) is 5.91 Å². The molecular weight excluding hydrogens is 262 g/mol. The molecule has 1 heterocycles. The van der Waals surface area contributed by atoms with E-state index in [1.807, 2.05) is 0 Å². The third-order valence-electron chi connectivity index (χ3n) is 3.13. The Labute approximate surface area is 115 Å². The van der Waals surface area contributed by atoms with Crippen molar-refractivity contribution in [1.82, 2.24) is 0 Å². The minimum atomic E-state index is -0.966. The Kier molecular flexibility index (Phi) is 4.23. The van der Waals surface area contributed by atoms with Gasteiger partial charge in [-0.25, -0.2) is 4.79 Å². The Bertz CT molecular complexity index is 554. The van der Waals surface area contributed by atoms with E-state index in [9.17, 15) is 14.7 Å². The monoisotopic (exact) mass is 277 g/mol. The van der Waals surface area contributed by atoms with Crippen LogP contribution in [-0.4, -0.2) is 17.0 Å². The number of aromatic carboxylic acids is 1. The highest BCUT2D eigenvalue weighted by Gasteiger charge is 2.25. The number of rotatable bonds is 4. The fraction of sp³-hybridized carbons (Fsp3) is 0.429. The van der Waals surface area contributed by atoms with Gasteiger partial charge in [0.1, 0.15) is 5.00 Å². The molecule has 100 valence electrons. The SMILES string of the molecule is C#CCCC(=O)Nc1sc2c(c1C(=O)O)CCCC2. The second-order valence-electron chi connectivity index (χ2n) is 4.47. The van der Waals surface area contributed by atoms with Gasteiger partial charge in [-0.05, 0) is 31.2 Å². The van der Waals surface area contributed by atoms with Crippen LogP contribution in [0.4, 0.5) is 5.00 Å². The van der Waals surface area contributed by atoms with E-state index in [1.54, 1.807) is 0 Å². The zero-order valence-corrected chi connectivity index (χ0v) is 11.3. The van der Waals surface area contributed by atoms with E-state index in [4.69, 9.17) is 6.42 Å². The summed E-state index contributed by atoms with van der Waals surface area (Å²) in [6, 6.07) is 0. The molecule has 1 amide bonds. The first kappa shape index (κ1) is 13.6. The highest BCUT2D eigenvalue weighted by atomic mass is 32.1. The summed E-state index contributed by atoms with van der Waals surface area (Å²) in [5, 5.41) is 12.5. The Balaban J connectivity index is 2.25. The van der Waals surface area contributed by atoms with Gasteiger partial charge >= 0.3 is 5.97 Å². The molecule has 0 aromatic carbocycles. The zero-order valence-electron chi connectivity index (χ0n) is 10.5. The maximum Gasteiger partial charge on any atom is 0.339 e. The van der Waals surface area contributed by atoms with Gasteiger partial charge < -0.3 is 10.4 Å². The van der Waals surface area contributed by atoms with Crippen LogP contribution in [0, 0.1) is 12.3 Å². The Hall–Kier alpha value is -1.80. The molecule has 0 saturated carbocycles. The van der Waals surface area contributed by atoms with Gasteiger partial charge in [-0.15, -0.1) is 23.7 Å². The van der Waals surface area contributed by atoms with Crippen molar-refractivity contribution < 1.29 is 14.7 Å². The van der Waals surface area contributed by atoms with Crippen LogP contribution in [0.25, 0.3) is 0 Å². The second kappa shape index (κ2) is 5.89. The van der Waals surface area contributed by atoms with Gasteiger partial charge in [-0.2, -0.15) is 0 Å². The molecule has 2 N–H and O–H groups in total. The molecule has 0 unspecified atom stereocenters. The molecule has 19 heavy (non-hydrogen) atoms. The smallest absolute Gasteiger partial charge is 0.339 e.